The molecule has 12 heteroatoms. The Morgan fingerprint density at radius 3 is 2.51 bits per heavy atom. The summed E-state index contributed by atoms with van der Waals surface area (Å²) in [5.74, 6) is -0.285. The van der Waals surface area contributed by atoms with Crippen LogP contribution in [0.2, 0.25) is 0 Å². The van der Waals surface area contributed by atoms with Crippen molar-refractivity contribution in [3.05, 3.63) is 165 Å². The zero-order chi connectivity index (χ0) is 31.2. The summed E-state index contributed by atoms with van der Waals surface area (Å²) in [6, 6.07) is 23.6. The van der Waals surface area contributed by atoms with Gasteiger partial charge in [0, 0.05) is 11.6 Å². The Balaban J connectivity index is 1.32. The highest BCUT2D eigenvalue weighted by molar-refractivity contribution is 7.07. The molecule has 1 unspecified atom stereocenters. The Morgan fingerprint density at radius 1 is 0.933 bits per heavy atom. The standard InChI is InChI=1S/C33H21FN4O6S/c34-22-11-8-21(9-12-22)31-26-14-10-20-5-1-2-7-25(20)30(26)35-33-36(31)32(39)29(45-33)17-19-4-3-6-24(16-19)44-28-15-13-23(37(40)41)18-27(28)38(42)43/h1-9,11-13,15-18,31H,10,14H2/b29-17+. The molecule has 0 N–H and O–H groups in total. The lowest BCUT2D eigenvalue weighted by Crippen LogP contribution is -2.38. The zero-order valence-corrected chi connectivity index (χ0v) is 24.1. The molecule has 7 rings (SSSR count). The quantitative estimate of drug-likeness (QED) is 0.167. The van der Waals surface area contributed by atoms with E-state index < -0.39 is 27.3 Å². The molecular weight excluding hydrogens is 599 g/mol. The molecule has 2 aliphatic rings. The van der Waals surface area contributed by atoms with Crippen molar-refractivity contribution < 1.29 is 19.0 Å². The molecule has 4 aromatic carbocycles. The minimum Gasteiger partial charge on any atom is -0.450 e. The van der Waals surface area contributed by atoms with Gasteiger partial charge < -0.3 is 4.74 Å². The lowest BCUT2D eigenvalue weighted by molar-refractivity contribution is -0.394. The third-order valence-electron chi connectivity index (χ3n) is 7.79. The van der Waals surface area contributed by atoms with E-state index in [1.807, 2.05) is 18.2 Å². The topological polar surface area (TPSA) is 130 Å². The van der Waals surface area contributed by atoms with Crippen molar-refractivity contribution in [3.63, 3.8) is 0 Å². The third kappa shape index (κ3) is 5.10. The van der Waals surface area contributed by atoms with E-state index in [-0.39, 0.29) is 22.9 Å². The van der Waals surface area contributed by atoms with E-state index in [0.717, 1.165) is 41.0 Å². The van der Waals surface area contributed by atoms with Crippen LogP contribution in [0.4, 0.5) is 15.8 Å². The Bertz CT molecular complexity index is 2260. The molecule has 1 atom stereocenters. The predicted octanol–water partition coefficient (Wildman–Crippen LogP) is 6.07. The number of nitro groups is 2. The molecule has 1 aromatic heterocycles. The first kappa shape index (κ1) is 28.0. The van der Waals surface area contributed by atoms with Gasteiger partial charge in [0.2, 0.25) is 5.75 Å². The van der Waals surface area contributed by atoms with Crippen LogP contribution >= 0.6 is 11.3 Å². The monoisotopic (exact) mass is 620 g/mol. The first-order valence-electron chi connectivity index (χ1n) is 13.9. The van der Waals surface area contributed by atoms with E-state index in [1.165, 1.54) is 35.1 Å². The van der Waals surface area contributed by atoms with Gasteiger partial charge >= 0.3 is 5.69 Å². The van der Waals surface area contributed by atoms with Crippen molar-refractivity contribution in [1.82, 2.24) is 4.57 Å². The van der Waals surface area contributed by atoms with E-state index in [2.05, 4.69) is 6.07 Å². The van der Waals surface area contributed by atoms with Gasteiger partial charge in [-0.25, -0.2) is 9.38 Å². The van der Waals surface area contributed by atoms with Crippen molar-refractivity contribution in [2.45, 2.75) is 18.9 Å². The van der Waals surface area contributed by atoms with Crippen LogP contribution in [0, 0.1) is 26.0 Å². The lowest BCUT2D eigenvalue weighted by Gasteiger charge is -2.30. The number of nitro benzene ring substituents is 2. The van der Waals surface area contributed by atoms with E-state index in [4.69, 9.17) is 9.73 Å². The van der Waals surface area contributed by atoms with Gasteiger partial charge in [0.05, 0.1) is 32.2 Å². The number of ether oxygens (including phenoxy) is 1. The number of fused-ring (bicyclic) bond motifs is 3. The van der Waals surface area contributed by atoms with Crippen LogP contribution in [0.5, 0.6) is 11.5 Å². The summed E-state index contributed by atoms with van der Waals surface area (Å²) in [5, 5.41) is 22.7. The van der Waals surface area contributed by atoms with Crippen LogP contribution < -0.4 is 19.6 Å². The van der Waals surface area contributed by atoms with Crippen LogP contribution in [-0.4, -0.2) is 14.4 Å². The maximum Gasteiger partial charge on any atom is 0.318 e. The summed E-state index contributed by atoms with van der Waals surface area (Å²) in [6.07, 6.45) is 3.20. The van der Waals surface area contributed by atoms with Gasteiger partial charge in [-0.1, -0.05) is 59.9 Å². The number of aromatic nitrogens is 1. The molecule has 0 fully saturated rings. The summed E-state index contributed by atoms with van der Waals surface area (Å²) in [4.78, 5) is 40.7. The zero-order valence-electron chi connectivity index (χ0n) is 23.3. The largest absolute Gasteiger partial charge is 0.450 e. The van der Waals surface area contributed by atoms with Crippen LogP contribution in [-0.2, 0) is 6.42 Å². The summed E-state index contributed by atoms with van der Waals surface area (Å²) >= 11 is 1.24. The van der Waals surface area contributed by atoms with Crippen LogP contribution in [0.25, 0.3) is 11.8 Å². The number of rotatable bonds is 6. The van der Waals surface area contributed by atoms with E-state index in [1.54, 1.807) is 47.0 Å². The number of benzene rings is 4. The van der Waals surface area contributed by atoms with Gasteiger partial charge in [-0.05, 0) is 71.5 Å². The number of hydrogen-bond donors (Lipinski definition) is 0. The molecule has 0 bridgehead atoms. The van der Waals surface area contributed by atoms with Gasteiger partial charge in [-0.2, -0.15) is 0 Å². The number of aryl methyl sites for hydroxylation is 1. The third-order valence-corrected chi connectivity index (χ3v) is 8.78. The van der Waals surface area contributed by atoms with Crippen molar-refractivity contribution in [3.8, 4) is 11.5 Å². The summed E-state index contributed by atoms with van der Waals surface area (Å²) < 4.78 is 21.7. The molecule has 10 nitrogen and oxygen atoms in total. The van der Waals surface area contributed by atoms with Gasteiger partial charge in [0.15, 0.2) is 4.80 Å². The smallest absolute Gasteiger partial charge is 0.318 e. The highest BCUT2D eigenvalue weighted by atomic mass is 32.1. The average Bonchev–Trinajstić information content (AvgIpc) is 3.34. The average molecular weight is 621 g/mol. The second-order valence-corrected chi connectivity index (χ2v) is 11.5. The van der Waals surface area contributed by atoms with Crippen LogP contribution in [0.1, 0.15) is 34.7 Å². The van der Waals surface area contributed by atoms with Crippen LogP contribution in [0.15, 0.2) is 106 Å². The van der Waals surface area contributed by atoms with Gasteiger partial charge in [0.25, 0.3) is 11.2 Å². The molecule has 0 saturated carbocycles. The molecule has 45 heavy (non-hydrogen) atoms. The maximum absolute atomic E-state index is 14.0. The van der Waals surface area contributed by atoms with Crippen LogP contribution in [0.3, 0.4) is 0 Å². The first-order valence-corrected chi connectivity index (χ1v) is 14.7. The van der Waals surface area contributed by atoms with E-state index in [9.17, 15) is 29.4 Å². The Kier molecular flexibility index (Phi) is 6.90. The molecule has 0 amide bonds. The van der Waals surface area contributed by atoms with E-state index >= 15 is 0 Å². The van der Waals surface area contributed by atoms with Gasteiger partial charge in [0.1, 0.15) is 11.6 Å². The fraction of sp³-hybridized carbons (Fsp3) is 0.0909. The molecule has 1 aliphatic heterocycles. The number of allylic oxidation sites excluding steroid dienone is 1. The van der Waals surface area contributed by atoms with Crippen molar-refractivity contribution >= 4 is 34.5 Å². The number of halogens is 1. The minimum absolute atomic E-state index is 0.160. The molecule has 222 valence electrons. The first-order chi connectivity index (χ1) is 21.8. The highest BCUT2D eigenvalue weighted by Gasteiger charge is 2.32. The minimum atomic E-state index is -0.748. The molecule has 0 radical (unpaired) electrons. The summed E-state index contributed by atoms with van der Waals surface area (Å²) in [6.45, 7) is 0. The Morgan fingerprint density at radius 2 is 1.73 bits per heavy atom. The van der Waals surface area contributed by atoms with Crippen molar-refractivity contribution in [2.75, 3.05) is 0 Å². The maximum atomic E-state index is 14.0. The number of nitrogens with zero attached hydrogens (tertiary/aromatic N) is 4. The number of non-ortho nitro benzene ring substituents is 1. The Labute approximate surface area is 257 Å². The van der Waals surface area contributed by atoms with Crippen molar-refractivity contribution in [1.29, 1.82) is 0 Å². The summed E-state index contributed by atoms with van der Waals surface area (Å²) in [5.41, 5.74) is 4.18. The fourth-order valence-corrected chi connectivity index (χ4v) is 6.76. The number of thiazole rings is 1. The highest BCUT2D eigenvalue weighted by Crippen LogP contribution is 2.41. The molecule has 0 spiro atoms. The second-order valence-electron chi connectivity index (χ2n) is 10.5. The SMILES string of the molecule is O=c1/c(=C\c2cccc(Oc3ccc([N+](=O)[O-])cc3[N+](=O)[O-])c2)sc2n1C(c1ccc(F)cc1)C1=C(N=2)c2ccccc2CC1. The molecule has 5 aromatic rings. The Hall–Kier alpha value is -5.75. The number of hydrogen-bond acceptors (Lipinski definition) is 8. The molecule has 0 saturated heterocycles. The molecular formula is C33H21FN4O6S. The molecule has 2 heterocycles. The van der Waals surface area contributed by atoms with Gasteiger partial charge in [-0.15, -0.1) is 0 Å². The lowest BCUT2D eigenvalue weighted by atomic mass is 9.83. The normalized spacial score (nSPS) is 15.5. The fourth-order valence-electron chi connectivity index (χ4n) is 5.76. The second kappa shape index (κ2) is 11.1. The molecule has 1 aliphatic carbocycles. The van der Waals surface area contributed by atoms with E-state index in [0.29, 0.717) is 21.3 Å². The predicted molar refractivity (Wildman–Crippen MR) is 165 cm³/mol. The van der Waals surface area contributed by atoms with Crippen molar-refractivity contribution in [2.24, 2.45) is 4.99 Å². The summed E-state index contributed by atoms with van der Waals surface area (Å²) in [7, 11) is 0. The van der Waals surface area contributed by atoms with Gasteiger partial charge in [-0.3, -0.25) is 29.6 Å².